The van der Waals surface area contributed by atoms with Crippen molar-refractivity contribution >= 4 is 17.8 Å². The van der Waals surface area contributed by atoms with Crippen molar-refractivity contribution in [2.24, 2.45) is 0 Å². The molecule has 1 heterocycles. The number of carbonyl (C=O) groups excluding carboxylic acids is 3. The number of fused-ring (bicyclic) bond motifs is 1. The number of imide groups is 1. The highest BCUT2D eigenvalue weighted by molar-refractivity contribution is 6.21. The molecular formula is C20H19NO4. The zero-order chi connectivity index (χ0) is 18.1. The van der Waals surface area contributed by atoms with Crippen LogP contribution >= 0.6 is 0 Å². The number of benzene rings is 2. The highest BCUT2D eigenvalue weighted by atomic mass is 16.5. The summed E-state index contributed by atoms with van der Waals surface area (Å²) in [6.07, 6.45) is -0.0434. The first-order chi connectivity index (χ1) is 11.9. The Morgan fingerprint density at radius 3 is 2.00 bits per heavy atom. The van der Waals surface area contributed by atoms with E-state index < -0.39 is 5.97 Å². The van der Waals surface area contributed by atoms with Gasteiger partial charge < -0.3 is 4.74 Å². The Morgan fingerprint density at radius 1 is 0.960 bits per heavy atom. The Morgan fingerprint density at radius 2 is 1.48 bits per heavy atom. The molecule has 128 valence electrons. The molecule has 5 heteroatoms. The van der Waals surface area contributed by atoms with Gasteiger partial charge in [-0.25, -0.2) is 0 Å². The number of rotatable bonds is 4. The van der Waals surface area contributed by atoms with E-state index in [4.69, 9.17) is 4.74 Å². The van der Waals surface area contributed by atoms with Crippen molar-refractivity contribution in [3.8, 4) is 5.75 Å². The van der Waals surface area contributed by atoms with Gasteiger partial charge >= 0.3 is 5.97 Å². The Labute approximate surface area is 146 Å². The van der Waals surface area contributed by atoms with Crippen LogP contribution in [-0.4, -0.2) is 29.2 Å². The van der Waals surface area contributed by atoms with Crippen molar-refractivity contribution in [3.05, 3.63) is 64.2 Å². The van der Waals surface area contributed by atoms with Crippen LogP contribution in [0.25, 0.3) is 0 Å². The molecule has 5 nitrogen and oxygen atoms in total. The molecule has 0 saturated heterocycles. The molecule has 0 aliphatic carbocycles. The molecule has 25 heavy (non-hydrogen) atoms. The number of ether oxygens (including phenoxy) is 1. The highest BCUT2D eigenvalue weighted by Gasteiger charge is 2.35. The van der Waals surface area contributed by atoms with E-state index in [0.29, 0.717) is 16.9 Å². The second-order valence-electron chi connectivity index (χ2n) is 6.26. The van der Waals surface area contributed by atoms with E-state index in [0.717, 1.165) is 21.6 Å². The number of hydrogen-bond donors (Lipinski definition) is 0. The van der Waals surface area contributed by atoms with Crippen molar-refractivity contribution in [2.75, 3.05) is 6.54 Å². The van der Waals surface area contributed by atoms with Gasteiger partial charge in [-0.2, -0.15) is 0 Å². The molecule has 0 spiro atoms. The summed E-state index contributed by atoms with van der Waals surface area (Å²) in [7, 11) is 0. The van der Waals surface area contributed by atoms with Gasteiger partial charge in [-0.1, -0.05) is 29.8 Å². The first-order valence-corrected chi connectivity index (χ1v) is 8.12. The van der Waals surface area contributed by atoms with Crippen LogP contribution in [0.15, 0.2) is 36.4 Å². The molecule has 1 aliphatic heterocycles. The van der Waals surface area contributed by atoms with Crippen LogP contribution < -0.4 is 4.74 Å². The van der Waals surface area contributed by atoms with Crippen LogP contribution in [0.3, 0.4) is 0 Å². The Balaban J connectivity index is 1.66. The second kappa shape index (κ2) is 6.51. The maximum Gasteiger partial charge on any atom is 0.313 e. The van der Waals surface area contributed by atoms with Crippen molar-refractivity contribution in [1.82, 2.24) is 4.90 Å². The van der Waals surface area contributed by atoms with Gasteiger partial charge in [0.1, 0.15) is 5.75 Å². The van der Waals surface area contributed by atoms with Gasteiger partial charge in [0.2, 0.25) is 0 Å². The lowest BCUT2D eigenvalue weighted by molar-refractivity contribution is -0.134. The standard InChI is InChI=1S/C20H19NO4/c1-12-10-13(2)18(14(3)11-12)25-17(22)8-9-21-19(23)15-6-4-5-7-16(15)20(21)24/h4-7,10-11H,8-9H2,1-3H3. The maximum atomic E-state index is 12.3. The van der Waals surface area contributed by atoms with Crippen LogP contribution in [0.4, 0.5) is 0 Å². The van der Waals surface area contributed by atoms with E-state index in [9.17, 15) is 14.4 Å². The molecule has 0 aromatic heterocycles. The van der Waals surface area contributed by atoms with Gasteiger partial charge in [0.05, 0.1) is 17.5 Å². The quantitative estimate of drug-likeness (QED) is 0.488. The summed E-state index contributed by atoms with van der Waals surface area (Å²) in [5, 5.41) is 0. The maximum absolute atomic E-state index is 12.3. The average Bonchev–Trinajstić information content (AvgIpc) is 2.81. The number of amides is 2. The lowest BCUT2D eigenvalue weighted by atomic mass is 10.1. The summed E-state index contributed by atoms with van der Waals surface area (Å²) in [4.78, 5) is 37.8. The van der Waals surface area contributed by atoms with Crippen molar-refractivity contribution in [3.63, 3.8) is 0 Å². The monoisotopic (exact) mass is 337 g/mol. The summed E-state index contributed by atoms with van der Waals surface area (Å²) < 4.78 is 5.45. The van der Waals surface area contributed by atoms with E-state index in [1.54, 1.807) is 24.3 Å². The van der Waals surface area contributed by atoms with Crippen LogP contribution in [0.1, 0.15) is 43.8 Å². The van der Waals surface area contributed by atoms with E-state index in [-0.39, 0.29) is 24.8 Å². The molecule has 0 atom stereocenters. The van der Waals surface area contributed by atoms with Crippen LogP contribution in [0, 0.1) is 20.8 Å². The van der Waals surface area contributed by atoms with Gasteiger partial charge in [0, 0.05) is 6.54 Å². The Bertz CT molecular complexity index is 827. The van der Waals surface area contributed by atoms with Gasteiger partial charge in [-0.3, -0.25) is 19.3 Å². The zero-order valence-corrected chi connectivity index (χ0v) is 14.5. The third kappa shape index (κ3) is 3.18. The Kier molecular flexibility index (Phi) is 4.40. The van der Waals surface area contributed by atoms with E-state index in [2.05, 4.69) is 0 Å². The lowest BCUT2D eigenvalue weighted by Crippen LogP contribution is -2.32. The van der Waals surface area contributed by atoms with Crippen molar-refractivity contribution < 1.29 is 19.1 Å². The minimum atomic E-state index is -0.466. The SMILES string of the molecule is Cc1cc(C)c(OC(=O)CCN2C(=O)c3ccccc3C2=O)c(C)c1. The second-order valence-corrected chi connectivity index (χ2v) is 6.26. The fourth-order valence-electron chi connectivity index (χ4n) is 3.14. The fourth-order valence-corrected chi connectivity index (χ4v) is 3.14. The number of esters is 1. The number of carbonyl (C=O) groups is 3. The summed E-state index contributed by atoms with van der Waals surface area (Å²) in [6.45, 7) is 5.75. The summed E-state index contributed by atoms with van der Waals surface area (Å²) in [5.74, 6) is -0.656. The normalized spacial score (nSPS) is 13.2. The first-order valence-electron chi connectivity index (χ1n) is 8.12. The zero-order valence-electron chi connectivity index (χ0n) is 14.5. The topological polar surface area (TPSA) is 63.7 Å². The Hall–Kier alpha value is -2.95. The molecular weight excluding hydrogens is 318 g/mol. The minimum absolute atomic E-state index is 0.00906. The summed E-state index contributed by atoms with van der Waals surface area (Å²) in [6, 6.07) is 10.6. The van der Waals surface area contributed by atoms with Crippen LogP contribution in [0.5, 0.6) is 5.75 Å². The van der Waals surface area contributed by atoms with Gasteiger partial charge in [0.15, 0.2) is 0 Å². The largest absolute Gasteiger partial charge is 0.426 e. The number of hydrogen-bond acceptors (Lipinski definition) is 4. The third-order valence-corrected chi connectivity index (χ3v) is 4.24. The molecule has 0 saturated carbocycles. The smallest absolute Gasteiger partial charge is 0.313 e. The predicted octanol–water partition coefficient (Wildman–Crippen LogP) is 3.20. The van der Waals surface area contributed by atoms with Crippen molar-refractivity contribution in [2.45, 2.75) is 27.2 Å². The number of nitrogens with zero attached hydrogens (tertiary/aromatic N) is 1. The fraction of sp³-hybridized carbons (Fsp3) is 0.250. The molecule has 0 fully saturated rings. The molecule has 0 unspecified atom stereocenters. The van der Waals surface area contributed by atoms with E-state index >= 15 is 0 Å². The number of aryl methyl sites for hydroxylation is 3. The lowest BCUT2D eigenvalue weighted by Gasteiger charge is -2.15. The van der Waals surface area contributed by atoms with Gasteiger partial charge in [0.25, 0.3) is 11.8 Å². The molecule has 1 aliphatic rings. The molecule has 0 bridgehead atoms. The molecule has 2 amide bonds. The first kappa shape index (κ1) is 16.9. The highest BCUT2D eigenvalue weighted by Crippen LogP contribution is 2.26. The molecule has 0 N–H and O–H groups in total. The predicted molar refractivity (Wildman–Crippen MR) is 92.7 cm³/mol. The third-order valence-electron chi connectivity index (χ3n) is 4.24. The summed E-state index contributed by atoms with van der Waals surface area (Å²) in [5.41, 5.74) is 3.62. The molecule has 3 rings (SSSR count). The van der Waals surface area contributed by atoms with Gasteiger partial charge in [-0.05, 0) is 44.0 Å². The van der Waals surface area contributed by atoms with E-state index in [1.165, 1.54) is 0 Å². The van der Waals surface area contributed by atoms with Crippen LogP contribution in [-0.2, 0) is 4.79 Å². The van der Waals surface area contributed by atoms with Crippen LogP contribution in [0.2, 0.25) is 0 Å². The van der Waals surface area contributed by atoms with Gasteiger partial charge in [-0.15, -0.1) is 0 Å². The molecule has 2 aromatic rings. The molecule has 0 radical (unpaired) electrons. The average molecular weight is 337 g/mol. The summed E-state index contributed by atoms with van der Waals surface area (Å²) >= 11 is 0. The van der Waals surface area contributed by atoms with Crippen molar-refractivity contribution in [1.29, 1.82) is 0 Å². The molecule has 2 aromatic carbocycles. The van der Waals surface area contributed by atoms with E-state index in [1.807, 2.05) is 32.9 Å². The minimum Gasteiger partial charge on any atom is -0.426 e.